The quantitative estimate of drug-likeness (QED) is 0.0285. The van der Waals surface area contributed by atoms with E-state index in [-0.39, 0.29) is 12.5 Å². The Morgan fingerprint density at radius 3 is 1.68 bits per heavy atom. The second-order valence-electron chi connectivity index (χ2n) is 14.8. The molecule has 1 fully saturated rings. The van der Waals surface area contributed by atoms with Gasteiger partial charge in [-0.1, -0.05) is 152 Å². The minimum absolute atomic E-state index is 0.191. The van der Waals surface area contributed by atoms with Crippen molar-refractivity contribution in [3.05, 3.63) is 48.6 Å². The average Bonchev–Trinajstić information content (AvgIpc) is 3.16. The smallest absolute Gasteiger partial charge is 0.220 e. The molecule has 7 atom stereocenters. The van der Waals surface area contributed by atoms with Gasteiger partial charge < -0.3 is 40.3 Å². The van der Waals surface area contributed by atoms with Crippen LogP contribution in [0.4, 0.5) is 0 Å². The highest BCUT2D eigenvalue weighted by Gasteiger charge is 2.44. The highest BCUT2D eigenvalue weighted by molar-refractivity contribution is 5.76. The second kappa shape index (κ2) is 34.6. The number of rotatable bonds is 34. The summed E-state index contributed by atoms with van der Waals surface area (Å²) in [5.74, 6) is -0.191. The predicted octanol–water partition coefficient (Wildman–Crippen LogP) is 8.28. The largest absolute Gasteiger partial charge is 0.394 e. The van der Waals surface area contributed by atoms with Crippen molar-refractivity contribution >= 4 is 5.91 Å². The van der Waals surface area contributed by atoms with Gasteiger partial charge in [-0.2, -0.15) is 0 Å². The Kier molecular flexibility index (Phi) is 32.1. The van der Waals surface area contributed by atoms with Gasteiger partial charge in [0.25, 0.3) is 0 Å². The zero-order chi connectivity index (χ0) is 38.8. The molecule has 1 heterocycles. The third-order valence-corrected chi connectivity index (χ3v) is 9.90. The van der Waals surface area contributed by atoms with E-state index in [9.17, 15) is 30.3 Å². The first-order valence-corrected chi connectivity index (χ1v) is 21.4. The van der Waals surface area contributed by atoms with Crippen LogP contribution in [0.1, 0.15) is 168 Å². The van der Waals surface area contributed by atoms with E-state index in [1.807, 2.05) is 6.08 Å². The molecule has 308 valence electrons. The molecule has 0 aromatic heterocycles. The molecule has 0 aromatic carbocycles. The van der Waals surface area contributed by atoms with Crippen LogP contribution >= 0.6 is 0 Å². The summed E-state index contributed by atoms with van der Waals surface area (Å²) in [5, 5.41) is 53.6. The number of carbonyl (C=O) groups excluding carboxylic acids is 1. The molecule has 9 heteroatoms. The minimum atomic E-state index is -1.56. The second-order valence-corrected chi connectivity index (χ2v) is 14.8. The zero-order valence-electron chi connectivity index (χ0n) is 33.5. The molecule has 0 radical (unpaired) electrons. The van der Waals surface area contributed by atoms with Crippen molar-refractivity contribution in [2.75, 3.05) is 13.2 Å². The topological polar surface area (TPSA) is 149 Å². The third kappa shape index (κ3) is 25.8. The molecular weight excluding hydrogens is 670 g/mol. The molecule has 1 saturated heterocycles. The van der Waals surface area contributed by atoms with Crippen LogP contribution in [0.5, 0.6) is 0 Å². The van der Waals surface area contributed by atoms with Gasteiger partial charge in [0, 0.05) is 6.42 Å². The van der Waals surface area contributed by atoms with Crippen LogP contribution in [0.25, 0.3) is 0 Å². The molecule has 0 aromatic rings. The van der Waals surface area contributed by atoms with Gasteiger partial charge in [0.2, 0.25) is 5.91 Å². The Hall–Kier alpha value is -1.85. The lowest BCUT2D eigenvalue weighted by Crippen LogP contribution is -2.60. The first-order valence-electron chi connectivity index (χ1n) is 21.4. The first-order chi connectivity index (χ1) is 25.8. The maximum atomic E-state index is 12.8. The number of allylic oxidation sites excluding steroid dienone is 7. The van der Waals surface area contributed by atoms with Crippen molar-refractivity contribution in [3.8, 4) is 0 Å². The summed E-state index contributed by atoms with van der Waals surface area (Å²) in [5.41, 5.74) is 0. The van der Waals surface area contributed by atoms with Crippen molar-refractivity contribution in [1.29, 1.82) is 0 Å². The molecule has 6 N–H and O–H groups in total. The van der Waals surface area contributed by atoms with Crippen LogP contribution in [-0.4, -0.2) is 87.5 Å². The third-order valence-electron chi connectivity index (χ3n) is 9.90. The Bertz CT molecular complexity index is 967. The molecule has 1 aliphatic heterocycles. The van der Waals surface area contributed by atoms with E-state index in [4.69, 9.17) is 9.47 Å². The first kappa shape index (κ1) is 49.2. The summed E-state index contributed by atoms with van der Waals surface area (Å²) in [6.07, 6.45) is 36.4. The molecule has 0 saturated carbocycles. The summed E-state index contributed by atoms with van der Waals surface area (Å²) in [6.45, 7) is 3.62. The Balaban J connectivity index is 2.17. The van der Waals surface area contributed by atoms with E-state index in [2.05, 4.69) is 55.6 Å². The number of carbonyl (C=O) groups is 1. The molecule has 0 spiro atoms. The summed E-state index contributed by atoms with van der Waals surface area (Å²) in [7, 11) is 0. The van der Waals surface area contributed by atoms with Crippen LogP contribution < -0.4 is 5.32 Å². The normalized spacial score (nSPS) is 22.1. The van der Waals surface area contributed by atoms with Crippen molar-refractivity contribution in [1.82, 2.24) is 5.32 Å². The summed E-state index contributed by atoms with van der Waals surface area (Å²) in [4.78, 5) is 12.8. The van der Waals surface area contributed by atoms with Gasteiger partial charge in [-0.05, 0) is 57.8 Å². The Labute approximate surface area is 323 Å². The molecule has 1 rings (SSSR count). The number of unbranched alkanes of at least 4 members (excludes halogenated alkanes) is 18. The summed E-state index contributed by atoms with van der Waals surface area (Å²) < 4.78 is 11.1. The lowest BCUT2D eigenvalue weighted by molar-refractivity contribution is -0.302. The molecule has 1 aliphatic rings. The summed E-state index contributed by atoms with van der Waals surface area (Å²) >= 11 is 0. The lowest BCUT2D eigenvalue weighted by atomic mass is 9.99. The van der Waals surface area contributed by atoms with Crippen LogP contribution in [0.15, 0.2) is 48.6 Å². The fourth-order valence-electron chi connectivity index (χ4n) is 6.40. The molecule has 7 unspecified atom stereocenters. The number of nitrogens with one attached hydrogen (secondary N) is 1. The van der Waals surface area contributed by atoms with Gasteiger partial charge in [-0.15, -0.1) is 0 Å². The Morgan fingerprint density at radius 2 is 1.11 bits per heavy atom. The van der Waals surface area contributed by atoms with Crippen molar-refractivity contribution < 1.29 is 39.8 Å². The Morgan fingerprint density at radius 1 is 0.642 bits per heavy atom. The van der Waals surface area contributed by atoms with E-state index in [1.165, 1.54) is 89.9 Å². The van der Waals surface area contributed by atoms with E-state index in [0.717, 1.165) is 57.8 Å². The van der Waals surface area contributed by atoms with Crippen LogP contribution in [-0.2, 0) is 14.3 Å². The van der Waals surface area contributed by atoms with Gasteiger partial charge in [-0.25, -0.2) is 0 Å². The molecular formula is C44H79NO8. The molecule has 0 aliphatic carbocycles. The minimum Gasteiger partial charge on any atom is -0.394 e. The maximum absolute atomic E-state index is 12.8. The number of hydrogen-bond acceptors (Lipinski definition) is 8. The van der Waals surface area contributed by atoms with Gasteiger partial charge in [0.1, 0.15) is 24.4 Å². The average molecular weight is 750 g/mol. The van der Waals surface area contributed by atoms with Crippen LogP contribution in [0.3, 0.4) is 0 Å². The highest BCUT2D eigenvalue weighted by atomic mass is 16.7. The van der Waals surface area contributed by atoms with E-state index < -0.39 is 49.5 Å². The van der Waals surface area contributed by atoms with Gasteiger partial charge >= 0.3 is 0 Å². The van der Waals surface area contributed by atoms with Gasteiger partial charge in [-0.3, -0.25) is 4.79 Å². The van der Waals surface area contributed by atoms with E-state index >= 15 is 0 Å². The van der Waals surface area contributed by atoms with E-state index in [0.29, 0.717) is 6.42 Å². The van der Waals surface area contributed by atoms with Crippen molar-refractivity contribution in [2.24, 2.45) is 0 Å². The number of aliphatic hydroxyl groups is 5. The number of amides is 1. The van der Waals surface area contributed by atoms with Gasteiger partial charge in [0.15, 0.2) is 6.29 Å². The molecule has 9 nitrogen and oxygen atoms in total. The maximum Gasteiger partial charge on any atom is 0.220 e. The molecule has 53 heavy (non-hydrogen) atoms. The number of aliphatic hydroxyl groups excluding tert-OH is 5. The summed E-state index contributed by atoms with van der Waals surface area (Å²) in [6, 6.07) is -0.803. The highest BCUT2D eigenvalue weighted by Crippen LogP contribution is 2.22. The standard InChI is InChI=1S/C44H79NO8/c1-3-5-7-9-10-11-12-13-14-15-16-17-18-19-20-21-22-23-24-25-26-27-28-30-32-34-40(48)45-37(38(47)33-31-29-8-6-4-2)36-52-44-43(51)42(50)41(49)39(35-46)53-44/h12-13,15-16,18-19,31,33,37-39,41-44,46-47,49-51H,3-11,14,17,20-30,32,34-36H2,1-2H3,(H,45,48)/b13-12-,16-15-,19-18-,33-31+. The van der Waals surface area contributed by atoms with Crippen molar-refractivity contribution in [3.63, 3.8) is 0 Å². The number of hydrogen-bond donors (Lipinski definition) is 6. The SMILES string of the molecule is CCCCC/C=C/C(O)C(COC1OC(CO)C(O)C(O)C1O)NC(=O)CCCCCCCCCCCC/C=C\C/C=C\C/C=C\CCCCCCC. The fourth-order valence-corrected chi connectivity index (χ4v) is 6.40. The van der Waals surface area contributed by atoms with Gasteiger partial charge in [0.05, 0.1) is 25.4 Å². The molecule has 1 amide bonds. The predicted molar refractivity (Wildman–Crippen MR) is 216 cm³/mol. The van der Waals surface area contributed by atoms with E-state index in [1.54, 1.807) is 6.08 Å². The molecule has 0 bridgehead atoms. The zero-order valence-corrected chi connectivity index (χ0v) is 33.5. The lowest BCUT2D eigenvalue weighted by Gasteiger charge is -2.40. The monoisotopic (exact) mass is 750 g/mol. The number of ether oxygens (including phenoxy) is 2. The van der Waals surface area contributed by atoms with Crippen LogP contribution in [0.2, 0.25) is 0 Å². The van der Waals surface area contributed by atoms with Crippen LogP contribution in [0, 0.1) is 0 Å². The fraction of sp³-hybridized carbons (Fsp3) is 0.795. The van der Waals surface area contributed by atoms with Crippen molar-refractivity contribution in [2.45, 2.75) is 211 Å².